The maximum atomic E-state index is 5.97. The zero-order valence-electron chi connectivity index (χ0n) is 11.5. The number of pyridine rings is 1. The van der Waals surface area contributed by atoms with Crippen molar-refractivity contribution < 1.29 is 4.74 Å². The molecule has 1 aliphatic heterocycles. The normalized spacial score (nSPS) is 24.7. The summed E-state index contributed by atoms with van der Waals surface area (Å²) in [4.78, 5) is 4.56. The highest BCUT2D eigenvalue weighted by molar-refractivity contribution is 5.78. The number of nitrogens with zero attached hydrogens (tertiary/aromatic N) is 1. The lowest BCUT2D eigenvalue weighted by Crippen LogP contribution is -2.39. The Morgan fingerprint density at radius 2 is 2.21 bits per heavy atom. The third-order valence-corrected chi connectivity index (χ3v) is 4.09. The number of hydrogen-bond donors (Lipinski definition) is 1. The second-order valence-corrected chi connectivity index (χ2v) is 5.45. The van der Waals surface area contributed by atoms with Crippen molar-refractivity contribution in [3.05, 3.63) is 42.1 Å². The van der Waals surface area contributed by atoms with E-state index in [1.54, 1.807) is 0 Å². The molecule has 3 nitrogen and oxygen atoms in total. The van der Waals surface area contributed by atoms with E-state index in [-0.39, 0.29) is 11.6 Å². The summed E-state index contributed by atoms with van der Waals surface area (Å²) in [6.07, 6.45) is 4.19. The van der Waals surface area contributed by atoms with E-state index < -0.39 is 0 Å². The Bertz CT molecular complexity index is 576. The third kappa shape index (κ3) is 2.24. The van der Waals surface area contributed by atoms with Crippen LogP contribution in [0.25, 0.3) is 10.9 Å². The molecule has 3 rings (SSSR count). The largest absolute Gasteiger partial charge is 0.373 e. The molecular formula is C16H20N2O. The Balaban J connectivity index is 2.01. The van der Waals surface area contributed by atoms with Crippen molar-refractivity contribution in [1.82, 2.24) is 10.3 Å². The molecule has 1 aliphatic rings. The highest BCUT2D eigenvalue weighted by Gasteiger charge is 2.38. The molecule has 0 spiro atoms. The summed E-state index contributed by atoms with van der Waals surface area (Å²) in [7, 11) is 1.99. The van der Waals surface area contributed by atoms with Gasteiger partial charge < -0.3 is 10.1 Å². The van der Waals surface area contributed by atoms with Gasteiger partial charge in [0.25, 0.3) is 0 Å². The minimum Gasteiger partial charge on any atom is -0.373 e. The molecule has 19 heavy (non-hydrogen) atoms. The monoisotopic (exact) mass is 256 g/mol. The first-order valence-electron chi connectivity index (χ1n) is 6.89. The van der Waals surface area contributed by atoms with Crippen molar-refractivity contribution in [2.24, 2.45) is 0 Å². The van der Waals surface area contributed by atoms with E-state index in [2.05, 4.69) is 35.4 Å². The van der Waals surface area contributed by atoms with Crippen LogP contribution in [0.4, 0.5) is 0 Å². The van der Waals surface area contributed by atoms with E-state index in [0.29, 0.717) is 0 Å². The standard InChI is InChI=1S/C16H20N2O/c1-16(8-5-9-19-16)15(17-2)13-10-12-6-3-4-7-14(12)18-11-13/h3-4,6-7,10-11,15,17H,5,8-9H2,1-2H3. The zero-order chi connectivity index (χ0) is 13.3. The molecule has 1 aromatic carbocycles. The second-order valence-electron chi connectivity index (χ2n) is 5.45. The number of nitrogens with one attached hydrogen (secondary N) is 1. The summed E-state index contributed by atoms with van der Waals surface area (Å²) in [5.41, 5.74) is 2.11. The molecule has 2 atom stereocenters. The van der Waals surface area contributed by atoms with E-state index in [9.17, 15) is 0 Å². The van der Waals surface area contributed by atoms with E-state index in [1.807, 2.05) is 25.4 Å². The molecule has 2 heterocycles. The molecule has 1 aromatic heterocycles. The number of ether oxygens (including phenoxy) is 1. The molecule has 1 N–H and O–H groups in total. The number of benzene rings is 1. The molecule has 0 bridgehead atoms. The van der Waals surface area contributed by atoms with Crippen molar-refractivity contribution in [3.63, 3.8) is 0 Å². The molecular weight excluding hydrogens is 236 g/mol. The summed E-state index contributed by atoms with van der Waals surface area (Å²) < 4.78 is 5.97. The lowest BCUT2D eigenvalue weighted by atomic mass is 9.88. The molecule has 2 unspecified atom stereocenters. The van der Waals surface area contributed by atoms with Gasteiger partial charge in [0.05, 0.1) is 17.2 Å². The van der Waals surface area contributed by atoms with E-state index in [4.69, 9.17) is 4.74 Å². The van der Waals surface area contributed by atoms with Crippen LogP contribution in [-0.2, 0) is 4.74 Å². The number of fused-ring (bicyclic) bond motifs is 1. The van der Waals surface area contributed by atoms with Gasteiger partial charge in [-0.3, -0.25) is 4.98 Å². The Labute approximate surface area is 114 Å². The lowest BCUT2D eigenvalue weighted by Gasteiger charge is -2.33. The first-order chi connectivity index (χ1) is 9.23. The molecule has 3 heteroatoms. The van der Waals surface area contributed by atoms with E-state index >= 15 is 0 Å². The Morgan fingerprint density at radius 1 is 1.37 bits per heavy atom. The van der Waals surface area contributed by atoms with Crippen LogP contribution in [0.1, 0.15) is 31.4 Å². The lowest BCUT2D eigenvalue weighted by molar-refractivity contribution is -0.0105. The van der Waals surface area contributed by atoms with Gasteiger partial charge in [-0.1, -0.05) is 18.2 Å². The average Bonchev–Trinajstić information content (AvgIpc) is 2.87. The first-order valence-corrected chi connectivity index (χ1v) is 6.89. The van der Waals surface area contributed by atoms with Gasteiger partial charge in [-0.15, -0.1) is 0 Å². The van der Waals surface area contributed by atoms with Gasteiger partial charge in [-0.05, 0) is 44.5 Å². The van der Waals surface area contributed by atoms with Gasteiger partial charge in [0.1, 0.15) is 0 Å². The first kappa shape index (κ1) is 12.6. The minimum atomic E-state index is -0.126. The summed E-state index contributed by atoms with van der Waals surface area (Å²) in [5, 5.41) is 4.58. The molecule has 0 saturated carbocycles. The van der Waals surface area contributed by atoms with Crippen molar-refractivity contribution in [3.8, 4) is 0 Å². The van der Waals surface area contributed by atoms with Crippen molar-refractivity contribution in [2.75, 3.05) is 13.7 Å². The van der Waals surface area contributed by atoms with Crippen LogP contribution in [0.2, 0.25) is 0 Å². The molecule has 2 aromatic rings. The Morgan fingerprint density at radius 3 is 2.95 bits per heavy atom. The molecule has 100 valence electrons. The van der Waals surface area contributed by atoms with Crippen LogP contribution >= 0.6 is 0 Å². The molecule has 1 saturated heterocycles. The van der Waals surface area contributed by atoms with Crippen molar-refractivity contribution in [2.45, 2.75) is 31.4 Å². The predicted octanol–water partition coefficient (Wildman–Crippen LogP) is 3.06. The highest BCUT2D eigenvalue weighted by atomic mass is 16.5. The zero-order valence-corrected chi connectivity index (χ0v) is 11.5. The highest BCUT2D eigenvalue weighted by Crippen LogP contribution is 2.37. The van der Waals surface area contributed by atoms with Crippen LogP contribution in [0.3, 0.4) is 0 Å². The SMILES string of the molecule is CNC(c1cnc2ccccc2c1)C1(C)CCCO1. The van der Waals surface area contributed by atoms with Crippen LogP contribution in [0.5, 0.6) is 0 Å². The second kappa shape index (κ2) is 4.91. The smallest absolute Gasteiger partial charge is 0.0849 e. The van der Waals surface area contributed by atoms with Gasteiger partial charge in [0, 0.05) is 18.2 Å². The molecule has 0 aliphatic carbocycles. The fraction of sp³-hybridized carbons (Fsp3) is 0.438. The van der Waals surface area contributed by atoms with Gasteiger partial charge in [-0.25, -0.2) is 0 Å². The number of para-hydroxylation sites is 1. The Hall–Kier alpha value is -1.45. The van der Waals surface area contributed by atoms with Crippen LogP contribution in [0, 0.1) is 0 Å². The Kier molecular flexibility index (Phi) is 3.25. The fourth-order valence-corrected chi connectivity index (χ4v) is 3.10. The van der Waals surface area contributed by atoms with Gasteiger partial charge in [-0.2, -0.15) is 0 Å². The quantitative estimate of drug-likeness (QED) is 0.916. The minimum absolute atomic E-state index is 0.126. The summed E-state index contributed by atoms with van der Waals surface area (Å²) in [5.74, 6) is 0. The van der Waals surface area contributed by atoms with Crippen LogP contribution < -0.4 is 5.32 Å². The summed E-state index contributed by atoms with van der Waals surface area (Å²) >= 11 is 0. The summed E-state index contributed by atoms with van der Waals surface area (Å²) in [6, 6.07) is 10.6. The number of aromatic nitrogens is 1. The van der Waals surface area contributed by atoms with Crippen molar-refractivity contribution in [1.29, 1.82) is 0 Å². The fourth-order valence-electron chi connectivity index (χ4n) is 3.10. The molecule has 0 radical (unpaired) electrons. The number of rotatable bonds is 3. The average molecular weight is 256 g/mol. The topological polar surface area (TPSA) is 34.2 Å². The predicted molar refractivity (Wildman–Crippen MR) is 77.1 cm³/mol. The van der Waals surface area contributed by atoms with Gasteiger partial charge >= 0.3 is 0 Å². The van der Waals surface area contributed by atoms with Crippen LogP contribution in [0.15, 0.2) is 36.5 Å². The van der Waals surface area contributed by atoms with Gasteiger partial charge in [0.15, 0.2) is 0 Å². The van der Waals surface area contributed by atoms with E-state index in [0.717, 1.165) is 25.0 Å². The molecule has 1 fully saturated rings. The van der Waals surface area contributed by atoms with Crippen LogP contribution in [-0.4, -0.2) is 24.2 Å². The third-order valence-electron chi connectivity index (χ3n) is 4.09. The maximum Gasteiger partial charge on any atom is 0.0849 e. The molecule has 0 amide bonds. The summed E-state index contributed by atoms with van der Waals surface area (Å²) in [6.45, 7) is 3.05. The number of likely N-dealkylation sites (N-methyl/N-ethyl adjacent to an activating group) is 1. The van der Waals surface area contributed by atoms with Gasteiger partial charge in [0.2, 0.25) is 0 Å². The maximum absolute atomic E-state index is 5.97. The van der Waals surface area contributed by atoms with E-state index in [1.165, 1.54) is 10.9 Å². The number of hydrogen-bond acceptors (Lipinski definition) is 3. The van der Waals surface area contributed by atoms with Crippen molar-refractivity contribution >= 4 is 10.9 Å².